The average Bonchev–Trinajstić information content (AvgIpc) is 3.23. The highest BCUT2D eigenvalue weighted by molar-refractivity contribution is 7.13. The first-order valence-electron chi connectivity index (χ1n) is 10.4. The molecule has 0 bridgehead atoms. The Balaban J connectivity index is 1.40. The Kier molecular flexibility index (Phi) is 6.89. The lowest BCUT2D eigenvalue weighted by atomic mass is 9.96. The molecule has 156 valence electrons. The number of benzene rings is 2. The molecule has 2 heterocycles. The van der Waals surface area contributed by atoms with Crippen LogP contribution in [-0.4, -0.2) is 66.3 Å². The van der Waals surface area contributed by atoms with Crippen molar-refractivity contribution in [3.8, 4) is 0 Å². The monoisotopic (exact) mass is 419 g/mol. The van der Waals surface area contributed by atoms with Gasteiger partial charge in [0.15, 0.2) is 0 Å². The lowest BCUT2D eigenvalue weighted by Gasteiger charge is -2.39. The summed E-state index contributed by atoms with van der Waals surface area (Å²) in [5, 5.41) is 2.95. The van der Waals surface area contributed by atoms with Gasteiger partial charge < -0.3 is 4.90 Å². The molecule has 0 spiro atoms. The third-order valence-corrected chi connectivity index (χ3v) is 6.12. The molecule has 30 heavy (non-hydrogen) atoms. The van der Waals surface area contributed by atoms with E-state index < -0.39 is 0 Å². The predicted molar refractivity (Wildman–Crippen MR) is 126 cm³/mol. The molecule has 4 rings (SSSR count). The van der Waals surface area contributed by atoms with Crippen LogP contribution in [0, 0.1) is 0 Å². The van der Waals surface area contributed by atoms with Crippen molar-refractivity contribution < 1.29 is 0 Å². The van der Waals surface area contributed by atoms with E-state index in [1.54, 1.807) is 17.7 Å². The van der Waals surface area contributed by atoms with Gasteiger partial charge in [0.2, 0.25) is 5.13 Å². The fourth-order valence-corrected chi connectivity index (χ4v) is 4.53. The summed E-state index contributed by atoms with van der Waals surface area (Å²) < 4.78 is 0. The molecule has 0 N–H and O–H groups in total. The summed E-state index contributed by atoms with van der Waals surface area (Å²) in [5.74, 6) is 0. The maximum absolute atomic E-state index is 4.66. The van der Waals surface area contributed by atoms with E-state index in [9.17, 15) is 0 Å². The first-order valence-corrected chi connectivity index (χ1v) is 11.3. The summed E-state index contributed by atoms with van der Waals surface area (Å²) in [6.45, 7) is 5.08. The van der Waals surface area contributed by atoms with Crippen LogP contribution in [0.2, 0.25) is 0 Å². The molecule has 1 aliphatic rings. The van der Waals surface area contributed by atoms with Crippen molar-refractivity contribution in [1.29, 1.82) is 0 Å². The van der Waals surface area contributed by atoms with Gasteiger partial charge in [-0.05, 0) is 11.1 Å². The number of hydrogen-bond donors (Lipinski definition) is 0. The van der Waals surface area contributed by atoms with Crippen molar-refractivity contribution in [3.63, 3.8) is 0 Å². The van der Waals surface area contributed by atoms with Gasteiger partial charge in [0, 0.05) is 52.2 Å². The Morgan fingerprint density at radius 2 is 1.57 bits per heavy atom. The summed E-state index contributed by atoms with van der Waals surface area (Å²) in [6.07, 6.45) is 1.80. The van der Waals surface area contributed by atoms with Gasteiger partial charge in [0.05, 0.1) is 18.1 Å². The van der Waals surface area contributed by atoms with Crippen LogP contribution in [0.3, 0.4) is 0 Å². The van der Waals surface area contributed by atoms with Crippen LogP contribution >= 0.6 is 11.3 Å². The zero-order chi connectivity index (χ0) is 20.8. The Labute approximate surface area is 183 Å². The fraction of sp³-hybridized carbons (Fsp3) is 0.333. The van der Waals surface area contributed by atoms with E-state index in [1.807, 2.05) is 19.0 Å². The second-order valence-corrected chi connectivity index (χ2v) is 8.70. The number of nitrogens with zero attached hydrogens (tertiary/aromatic N) is 5. The summed E-state index contributed by atoms with van der Waals surface area (Å²) in [5.41, 5.74) is 3.84. The molecule has 1 saturated heterocycles. The van der Waals surface area contributed by atoms with Crippen LogP contribution in [0.1, 0.15) is 22.9 Å². The van der Waals surface area contributed by atoms with Crippen LogP contribution < -0.4 is 0 Å². The van der Waals surface area contributed by atoms with Gasteiger partial charge in [0.25, 0.3) is 0 Å². The highest BCUT2D eigenvalue weighted by Crippen LogP contribution is 2.29. The van der Waals surface area contributed by atoms with Gasteiger partial charge in [-0.15, -0.1) is 11.3 Å². The molecule has 1 aromatic heterocycles. The van der Waals surface area contributed by atoms with E-state index in [4.69, 9.17) is 0 Å². The molecule has 0 saturated carbocycles. The number of piperazine rings is 1. The predicted octanol–water partition coefficient (Wildman–Crippen LogP) is 4.27. The quantitative estimate of drug-likeness (QED) is 0.423. The van der Waals surface area contributed by atoms with Crippen molar-refractivity contribution >= 4 is 22.8 Å². The first kappa shape index (κ1) is 20.7. The van der Waals surface area contributed by atoms with Gasteiger partial charge >= 0.3 is 0 Å². The molecule has 0 unspecified atom stereocenters. The molecule has 0 atom stereocenters. The van der Waals surface area contributed by atoms with Gasteiger partial charge in [0.1, 0.15) is 0 Å². The third-order valence-electron chi connectivity index (χ3n) is 5.33. The standard InChI is InChI=1S/C24H29N5S/c1-27(2)19-25-24-26-22(18-30-24)17-28-13-15-29(16-14-28)23(20-9-5-3-6-10-20)21-11-7-4-8-12-21/h3-12,18-19,23H,13-17H2,1-2H3/b25-19+. The van der Waals surface area contributed by atoms with E-state index >= 15 is 0 Å². The molecule has 1 fully saturated rings. The molecule has 0 amide bonds. The summed E-state index contributed by atoms with van der Waals surface area (Å²) in [6, 6.07) is 22.0. The minimum atomic E-state index is 0.306. The highest BCUT2D eigenvalue weighted by atomic mass is 32.1. The summed E-state index contributed by atoms with van der Waals surface area (Å²) in [4.78, 5) is 16.1. The lowest BCUT2D eigenvalue weighted by molar-refractivity contribution is 0.104. The number of thiazole rings is 1. The molecule has 0 aliphatic carbocycles. The molecular formula is C24H29N5S. The Morgan fingerprint density at radius 1 is 0.967 bits per heavy atom. The molecule has 0 radical (unpaired) electrons. The van der Waals surface area contributed by atoms with Crippen LogP contribution in [0.15, 0.2) is 71.0 Å². The Bertz CT molecular complexity index is 891. The van der Waals surface area contributed by atoms with E-state index in [0.29, 0.717) is 6.04 Å². The lowest BCUT2D eigenvalue weighted by Crippen LogP contribution is -2.47. The number of rotatable bonds is 7. The van der Waals surface area contributed by atoms with Crippen molar-refractivity contribution in [2.75, 3.05) is 40.3 Å². The highest BCUT2D eigenvalue weighted by Gasteiger charge is 2.26. The fourth-order valence-electron chi connectivity index (χ4n) is 3.89. The largest absolute Gasteiger partial charge is 0.369 e. The van der Waals surface area contributed by atoms with E-state index in [0.717, 1.165) is 43.5 Å². The zero-order valence-electron chi connectivity index (χ0n) is 17.7. The van der Waals surface area contributed by atoms with Crippen molar-refractivity contribution in [3.05, 3.63) is 82.9 Å². The molecule has 5 nitrogen and oxygen atoms in total. The first-order chi connectivity index (χ1) is 14.7. The second kappa shape index (κ2) is 9.98. The Hall–Kier alpha value is -2.54. The van der Waals surface area contributed by atoms with E-state index in [1.165, 1.54) is 11.1 Å². The minimum absolute atomic E-state index is 0.306. The van der Waals surface area contributed by atoms with Crippen LogP contribution in [0.25, 0.3) is 0 Å². The van der Waals surface area contributed by atoms with Gasteiger partial charge in [-0.1, -0.05) is 60.7 Å². The third kappa shape index (κ3) is 5.33. The van der Waals surface area contributed by atoms with E-state index in [2.05, 4.69) is 85.8 Å². The summed E-state index contributed by atoms with van der Waals surface area (Å²) >= 11 is 1.61. The van der Waals surface area contributed by atoms with Crippen molar-refractivity contribution in [2.24, 2.45) is 4.99 Å². The number of aromatic nitrogens is 1. The van der Waals surface area contributed by atoms with Crippen molar-refractivity contribution in [1.82, 2.24) is 19.7 Å². The topological polar surface area (TPSA) is 35.0 Å². The van der Waals surface area contributed by atoms with Crippen LogP contribution in [0.4, 0.5) is 5.13 Å². The van der Waals surface area contributed by atoms with Crippen LogP contribution in [0.5, 0.6) is 0 Å². The second-order valence-electron chi connectivity index (χ2n) is 7.87. The molecular weight excluding hydrogens is 390 g/mol. The Morgan fingerprint density at radius 3 is 2.13 bits per heavy atom. The normalized spacial score (nSPS) is 15.8. The molecule has 2 aromatic carbocycles. The van der Waals surface area contributed by atoms with Gasteiger partial charge in [-0.25, -0.2) is 9.98 Å². The SMILES string of the molecule is CN(C)/C=N/c1nc(CN2CCN(C(c3ccccc3)c3ccccc3)CC2)cs1. The van der Waals surface area contributed by atoms with Crippen LogP contribution in [-0.2, 0) is 6.54 Å². The smallest absolute Gasteiger partial charge is 0.210 e. The number of hydrogen-bond acceptors (Lipinski definition) is 5. The molecule has 6 heteroatoms. The van der Waals surface area contributed by atoms with Gasteiger partial charge in [-0.2, -0.15) is 0 Å². The molecule has 1 aliphatic heterocycles. The average molecular weight is 420 g/mol. The zero-order valence-corrected chi connectivity index (χ0v) is 18.5. The summed E-state index contributed by atoms with van der Waals surface area (Å²) in [7, 11) is 3.94. The van der Waals surface area contributed by atoms with Crippen molar-refractivity contribution in [2.45, 2.75) is 12.6 Å². The van der Waals surface area contributed by atoms with Gasteiger partial charge in [-0.3, -0.25) is 9.80 Å². The maximum Gasteiger partial charge on any atom is 0.210 e. The molecule has 3 aromatic rings. The maximum atomic E-state index is 4.66. The van der Waals surface area contributed by atoms with E-state index in [-0.39, 0.29) is 0 Å². The number of aliphatic imine (C=N–C) groups is 1. The minimum Gasteiger partial charge on any atom is -0.369 e.